The first-order valence-corrected chi connectivity index (χ1v) is 6.50. The number of hydrogen-bond acceptors (Lipinski definition) is 2. The van der Waals surface area contributed by atoms with E-state index in [0.717, 1.165) is 12.5 Å². The number of carbonyl (C=O) groups is 1. The third-order valence-electron chi connectivity index (χ3n) is 2.84. The van der Waals surface area contributed by atoms with Gasteiger partial charge in [0.1, 0.15) is 5.82 Å². The van der Waals surface area contributed by atoms with Gasteiger partial charge in [0.2, 0.25) is 0 Å². The highest BCUT2D eigenvalue weighted by Gasteiger charge is 2.18. The number of ketones is 1. The van der Waals surface area contributed by atoms with Crippen LogP contribution in [0.25, 0.3) is 0 Å². The number of hydrogen-bond donors (Lipinski definition) is 1. The van der Waals surface area contributed by atoms with Crippen molar-refractivity contribution in [2.45, 2.75) is 26.7 Å². The van der Waals surface area contributed by atoms with Gasteiger partial charge < -0.3 is 5.73 Å². The monoisotopic (exact) mass is 271 g/mol. The van der Waals surface area contributed by atoms with E-state index in [2.05, 4.69) is 13.8 Å². The summed E-state index contributed by atoms with van der Waals surface area (Å²) in [5.41, 5.74) is 5.74. The molecular weight excluding hydrogens is 253 g/mol. The van der Waals surface area contributed by atoms with Gasteiger partial charge in [-0.05, 0) is 43.0 Å². The molecule has 18 heavy (non-hydrogen) atoms. The summed E-state index contributed by atoms with van der Waals surface area (Å²) in [6.45, 7) is 4.60. The smallest absolute Gasteiger partial charge is 0.166 e. The minimum atomic E-state index is -0.562. The van der Waals surface area contributed by atoms with Crippen LogP contribution in [0.15, 0.2) is 18.2 Å². The molecule has 0 aliphatic rings. The van der Waals surface area contributed by atoms with Crippen molar-refractivity contribution in [1.82, 2.24) is 0 Å². The lowest BCUT2D eigenvalue weighted by Crippen LogP contribution is -2.20. The van der Waals surface area contributed by atoms with Crippen molar-refractivity contribution in [1.29, 1.82) is 0 Å². The minimum Gasteiger partial charge on any atom is -0.330 e. The second-order valence-electron chi connectivity index (χ2n) is 4.98. The fourth-order valence-electron chi connectivity index (χ4n) is 2.02. The third kappa shape index (κ3) is 4.39. The molecule has 0 bridgehead atoms. The Bertz CT molecular complexity index is 420. The van der Waals surface area contributed by atoms with Gasteiger partial charge in [-0.15, -0.1) is 0 Å². The van der Waals surface area contributed by atoms with Gasteiger partial charge in [-0.3, -0.25) is 4.79 Å². The van der Waals surface area contributed by atoms with Crippen LogP contribution in [0.4, 0.5) is 4.39 Å². The predicted molar refractivity (Wildman–Crippen MR) is 72.4 cm³/mol. The quantitative estimate of drug-likeness (QED) is 0.802. The van der Waals surface area contributed by atoms with Gasteiger partial charge in [0.25, 0.3) is 0 Å². The Morgan fingerprint density at radius 2 is 2.11 bits per heavy atom. The zero-order valence-corrected chi connectivity index (χ0v) is 11.5. The van der Waals surface area contributed by atoms with Crippen LogP contribution in [0.3, 0.4) is 0 Å². The Balaban J connectivity index is 2.74. The van der Waals surface area contributed by atoms with E-state index in [0.29, 0.717) is 17.5 Å². The summed E-state index contributed by atoms with van der Waals surface area (Å²) in [5, 5.41) is 0.293. The SMILES string of the molecule is CC(C)CC(CN)CC(=O)c1ccc(Cl)cc1F. The maximum absolute atomic E-state index is 13.6. The van der Waals surface area contributed by atoms with Crippen molar-refractivity contribution in [2.24, 2.45) is 17.6 Å². The zero-order chi connectivity index (χ0) is 13.7. The standard InChI is InChI=1S/C14H19ClFNO/c1-9(2)5-10(8-17)6-14(18)12-4-3-11(15)7-13(12)16/h3-4,7,9-10H,5-6,8,17H2,1-2H3. The Morgan fingerprint density at radius 3 is 2.61 bits per heavy atom. The van der Waals surface area contributed by atoms with Crippen LogP contribution < -0.4 is 5.73 Å². The minimum absolute atomic E-state index is 0.0987. The molecule has 1 aromatic rings. The van der Waals surface area contributed by atoms with Crippen molar-refractivity contribution < 1.29 is 9.18 Å². The number of rotatable bonds is 6. The number of carbonyl (C=O) groups excluding carboxylic acids is 1. The van der Waals surface area contributed by atoms with Crippen LogP contribution in [0, 0.1) is 17.7 Å². The van der Waals surface area contributed by atoms with Crippen molar-refractivity contribution in [2.75, 3.05) is 6.54 Å². The Kier molecular flexibility index (Phi) is 5.76. The highest BCUT2D eigenvalue weighted by molar-refractivity contribution is 6.30. The van der Waals surface area contributed by atoms with Gasteiger partial charge in [-0.1, -0.05) is 25.4 Å². The Labute approximate surface area is 112 Å². The van der Waals surface area contributed by atoms with E-state index >= 15 is 0 Å². The summed E-state index contributed by atoms with van der Waals surface area (Å²) in [6, 6.07) is 4.12. The molecule has 0 heterocycles. The van der Waals surface area contributed by atoms with Gasteiger partial charge in [0, 0.05) is 11.4 Å². The van der Waals surface area contributed by atoms with Gasteiger partial charge in [0.05, 0.1) is 5.56 Å². The molecule has 0 aliphatic carbocycles. The Morgan fingerprint density at radius 1 is 1.44 bits per heavy atom. The maximum Gasteiger partial charge on any atom is 0.166 e. The maximum atomic E-state index is 13.6. The number of Topliss-reactive ketones (excluding diaryl/α,β-unsaturated/α-hetero) is 1. The summed E-state index contributed by atoms with van der Waals surface area (Å²) in [6.07, 6.45) is 1.16. The third-order valence-corrected chi connectivity index (χ3v) is 3.08. The van der Waals surface area contributed by atoms with E-state index in [-0.39, 0.29) is 23.7 Å². The van der Waals surface area contributed by atoms with E-state index in [4.69, 9.17) is 17.3 Å². The molecule has 0 radical (unpaired) electrons. The molecule has 0 saturated heterocycles. The molecule has 0 fully saturated rings. The first kappa shape index (κ1) is 15.1. The number of nitrogens with two attached hydrogens (primary N) is 1. The van der Waals surface area contributed by atoms with E-state index in [1.807, 2.05) is 0 Å². The van der Waals surface area contributed by atoms with Crippen LogP contribution in [-0.2, 0) is 0 Å². The second kappa shape index (κ2) is 6.86. The fourth-order valence-corrected chi connectivity index (χ4v) is 2.18. The van der Waals surface area contributed by atoms with Crippen LogP contribution in [0.2, 0.25) is 5.02 Å². The van der Waals surface area contributed by atoms with Crippen molar-refractivity contribution >= 4 is 17.4 Å². The first-order valence-electron chi connectivity index (χ1n) is 6.12. The fraction of sp³-hybridized carbons (Fsp3) is 0.500. The van der Waals surface area contributed by atoms with Crippen molar-refractivity contribution in [3.05, 3.63) is 34.6 Å². The van der Waals surface area contributed by atoms with Crippen LogP contribution in [-0.4, -0.2) is 12.3 Å². The van der Waals surface area contributed by atoms with Gasteiger partial charge in [-0.25, -0.2) is 4.39 Å². The highest BCUT2D eigenvalue weighted by atomic mass is 35.5. The molecule has 0 amide bonds. The molecule has 100 valence electrons. The molecule has 1 rings (SSSR count). The Hall–Kier alpha value is -0.930. The molecule has 2 N–H and O–H groups in total. The summed E-state index contributed by atoms with van der Waals surface area (Å²) in [4.78, 5) is 12.0. The average Bonchev–Trinajstić information content (AvgIpc) is 2.27. The summed E-state index contributed by atoms with van der Waals surface area (Å²) in [5.74, 6) is -0.193. The predicted octanol–water partition coefficient (Wildman–Crippen LogP) is 3.67. The van der Waals surface area contributed by atoms with Gasteiger partial charge in [-0.2, -0.15) is 0 Å². The first-order chi connectivity index (χ1) is 8.43. The average molecular weight is 272 g/mol. The molecule has 1 atom stereocenters. The molecule has 0 spiro atoms. The van der Waals surface area contributed by atoms with E-state index < -0.39 is 5.82 Å². The number of benzene rings is 1. The van der Waals surface area contributed by atoms with E-state index in [1.165, 1.54) is 12.1 Å². The van der Waals surface area contributed by atoms with Crippen LogP contribution in [0.5, 0.6) is 0 Å². The number of halogens is 2. The molecular formula is C14H19ClFNO. The van der Waals surface area contributed by atoms with Crippen LogP contribution >= 0.6 is 11.6 Å². The molecule has 0 aromatic heterocycles. The lowest BCUT2D eigenvalue weighted by molar-refractivity contribution is 0.0953. The van der Waals surface area contributed by atoms with E-state index in [1.54, 1.807) is 0 Å². The van der Waals surface area contributed by atoms with Gasteiger partial charge >= 0.3 is 0 Å². The van der Waals surface area contributed by atoms with Crippen molar-refractivity contribution in [3.8, 4) is 0 Å². The molecule has 4 heteroatoms. The molecule has 0 saturated carbocycles. The molecule has 1 aromatic carbocycles. The summed E-state index contributed by atoms with van der Waals surface area (Å²) in [7, 11) is 0. The topological polar surface area (TPSA) is 43.1 Å². The summed E-state index contributed by atoms with van der Waals surface area (Å²) < 4.78 is 13.6. The second-order valence-corrected chi connectivity index (χ2v) is 5.42. The van der Waals surface area contributed by atoms with Crippen LogP contribution in [0.1, 0.15) is 37.0 Å². The zero-order valence-electron chi connectivity index (χ0n) is 10.7. The molecule has 2 nitrogen and oxygen atoms in total. The summed E-state index contributed by atoms with van der Waals surface area (Å²) >= 11 is 5.65. The normalized spacial score (nSPS) is 12.8. The lowest BCUT2D eigenvalue weighted by atomic mass is 9.90. The van der Waals surface area contributed by atoms with Gasteiger partial charge in [0.15, 0.2) is 5.78 Å². The largest absolute Gasteiger partial charge is 0.330 e. The van der Waals surface area contributed by atoms with E-state index in [9.17, 15) is 9.18 Å². The van der Waals surface area contributed by atoms with Crippen molar-refractivity contribution in [3.63, 3.8) is 0 Å². The molecule has 1 unspecified atom stereocenters. The lowest BCUT2D eigenvalue weighted by Gasteiger charge is -2.16. The molecule has 0 aliphatic heterocycles. The highest BCUT2D eigenvalue weighted by Crippen LogP contribution is 2.20.